The molecule has 0 fully saturated rings. The van der Waals surface area contributed by atoms with Gasteiger partial charge in [0.05, 0.1) is 12.6 Å². The summed E-state index contributed by atoms with van der Waals surface area (Å²) < 4.78 is 11.3. The number of nitrogens with one attached hydrogen (secondary N) is 3. The fourth-order valence-corrected chi connectivity index (χ4v) is 3.74. The van der Waals surface area contributed by atoms with Crippen LogP contribution >= 0.6 is 0 Å². The summed E-state index contributed by atoms with van der Waals surface area (Å²) in [5.41, 5.74) is 2.84. The van der Waals surface area contributed by atoms with Crippen molar-refractivity contribution in [2.24, 2.45) is 0 Å². The molecule has 7 nitrogen and oxygen atoms in total. The van der Waals surface area contributed by atoms with Gasteiger partial charge in [-0.25, -0.2) is 0 Å². The standard InChI is InChI=1S/C31H31N3O4/c1-23(24-9-4-2-5-10-24)33-31(36)25-11-8-12-27(21-25)34-30(35)22-32-26-15-17-29(18-16-26)38-20-19-37-28-13-6-3-7-14-28/h2-18,21,23,32H,19-20,22H2,1H3,(H,33,36)(H,34,35). The number of anilines is 2. The van der Waals surface area contributed by atoms with Crippen LogP contribution in [0.1, 0.15) is 28.9 Å². The normalized spacial score (nSPS) is 11.2. The lowest BCUT2D eigenvalue weighted by Crippen LogP contribution is -2.27. The number of carbonyl (C=O) groups is 2. The van der Waals surface area contributed by atoms with Gasteiger partial charge in [-0.05, 0) is 67.1 Å². The Morgan fingerprint density at radius 3 is 2.03 bits per heavy atom. The molecule has 0 aliphatic rings. The Balaban J connectivity index is 1.19. The maximum Gasteiger partial charge on any atom is 0.251 e. The molecule has 0 radical (unpaired) electrons. The van der Waals surface area contributed by atoms with E-state index in [0.717, 1.165) is 17.0 Å². The van der Waals surface area contributed by atoms with Crippen molar-refractivity contribution in [3.05, 3.63) is 120 Å². The van der Waals surface area contributed by atoms with Gasteiger partial charge in [-0.3, -0.25) is 9.59 Å². The molecule has 0 aliphatic heterocycles. The Hall–Kier alpha value is -4.78. The van der Waals surface area contributed by atoms with Crippen molar-refractivity contribution in [1.29, 1.82) is 0 Å². The highest BCUT2D eigenvalue weighted by Gasteiger charge is 2.12. The smallest absolute Gasteiger partial charge is 0.251 e. The molecule has 194 valence electrons. The Morgan fingerprint density at radius 2 is 1.34 bits per heavy atom. The molecule has 0 saturated heterocycles. The second kappa shape index (κ2) is 13.5. The van der Waals surface area contributed by atoms with E-state index in [1.165, 1.54) is 0 Å². The second-order valence-corrected chi connectivity index (χ2v) is 8.62. The third-order valence-corrected chi connectivity index (χ3v) is 5.73. The van der Waals surface area contributed by atoms with Gasteiger partial charge in [0.1, 0.15) is 24.7 Å². The van der Waals surface area contributed by atoms with Crippen molar-refractivity contribution >= 4 is 23.2 Å². The largest absolute Gasteiger partial charge is 0.490 e. The van der Waals surface area contributed by atoms with Crippen LogP contribution in [0.25, 0.3) is 0 Å². The van der Waals surface area contributed by atoms with E-state index in [9.17, 15) is 9.59 Å². The molecule has 3 N–H and O–H groups in total. The third-order valence-electron chi connectivity index (χ3n) is 5.73. The minimum Gasteiger partial charge on any atom is -0.490 e. The van der Waals surface area contributed by atoms with E-state index in [2.05, 4.69) is 16.0 Å². The predicted molar refractivity (Wildman–Crippen MR) is 150 cm³/mol. The Bertz CT molecular complexity index is 1310. The summed E-state index contributed by atoms with van der Waals surface area (Å²) >= 11 is 0. The molecule has 1 atom stereocenters. The van der Waals surface area contributed by atoms with Crippen LogP contribution in [0.15, 0.2) is 109 Å². The number of ether oxygens (including phenoxy) is 2. The molecule has 7 heteroatoms. The molecule has 4 aromatic rings. The summed E-state index contributed by atoms with van der Waals surface area (Å²) in [6, 6.07) is 33.5. The number of hydrogen-bond donors (Lipinski definition) is 3. The number of amides is 2. The van der Waals surface area contributed by atoms with Crippen molar-refractivity contribution in [3.63, 3.8) is 0 Å². The molecule has 0 spiro atoms. The first kappa shape index (κ1) is 26.3. The van der Waals surface area contributed by atoms with Gasteiger partial charge < -0.3 is 25.4 Å². The molecule has 38 heavy (non-hydrogen) atoms. The van der Waals surface area contributed by atoms with Gasteiger partial charge in [0.2, 0.25) is 5.91 Å². The fourth-order valence-electron chi connectivity index (χ4n) is 3.74. The first-order valence-electron chi connectivity index (χ1n) is 12.5. The molecule has 4 aromatic carbocycles. The molecule has 2 amide bonds. The number of carbonyl (C=O) groups excluding carboxylic acids is 2. The van der Waals surface area contributed by atoms with Gasteiger partial charge in [0.15, 0.2) is 0 Å². The van der Waals surface area contributed by atoms with E-state index in [4.69, 9.17) is 9.47 Å². The first-order chi connectivity index (χ1) is 18.6. The highest BCUT2D eigenvalue weighted by Crippen LogP contribution is 2.17. The SMILES string of the molecule is CC(NC(=O)c1cccc(NC(=O)CNc2ccc(OCCOc3ccccc3)cc2)c1)c1ccccc1. The van der Waals surface area contributed by atoms with Crippen LogP contribution in [0.3, 0.4) is 0 Å². The van der Waals surface area contributed by atoms with Gasteiger partial charge >= 0.3 is 0 Å². The topological polar surface area (TPSA) is 88.7 Å². The van der Waals surface area contributed by atoms with Crippen LogP contribution < -0.4 is 25.4 Å². The van der Waals surface area contributed by atoms with Crippen molar-refractivity contribution in [1.82, 2.24) is 5.32 Å². The summed E-state index contributed by atoms with van der Waals surface area (Å²) in [5.74, 6) is 1.10. The van der Waals surface area contributed by atoms with E-state index >= 15 is 0 Å². The van der Waals surface area contributed by atoms with Crippen LogP contribution in [0.2, 0.25) is 0 Å². The zero-order chi connectivity index (χ0) is 26.6. The number of para-hydroxylation sites is 1. The lowest BCUT2D eigenvalue weighted by Gasteiger charge is -2.15. The number of benzene rings is 4. The summed E-state index contributed by atoms with van der Waals surface area (Å²) in [7, 11) is 0. The van der Waals surface area contributed by atoms with Gasteiger partial charge in [0.25, 0.3) is 5.91 Å². The predicted octanol–water partition coefficient (Wildman–Crippen LogP) is 5.69. The highest BCUT2D eigenvalue weighted by atomic mass is 16.5. The molecule has 0 heterocycles. The van der Waals surface area contributed by atoms with Gasteiger partial charge in [-0.2, -0.15) is 0 Å². The quantitative estimate of drug-likeness (QED) is 0.214. The van der Waals surface area contributed by atoms with Crippen molar-refractivity contribution < 1.29 is 19.1 Å². The van der Waals surface area contributed by atoms with E-state index < -0.39 is 0 Å². The summed E-state index contributed by atoms with van der Waals surface area (Å²) in [6.07, 6.45) is 0. The summed E-state index contributed by atoms with van der Waals surface area (Å²) in [4.78, 5) is 25.2. The number of hydrogen-bond acceptors (Lipinski definition) is 5. The fraction of sp³-hybridized carbons (Fsp3) is 0.161. The molecule has 0 saturated carbocycles. The van der Waals surface area contributed by atoms with Gasteiger partial charge in [0, 0.05) is 16.9 Å². The molecule has 0 bridgehead atoms. The van der Waals surface area contributed by atoms with E-state index in [1.807, 2.05) is 91.9 Å². The molecule has 4 rings (SSSR count). The van der Waals surface area contributed by atoms with E-state index in [0.29, 0.717) is 30.2 Å². The second-order valence-electron chi connectivity index (χ2n) is 8.62. The monoisotopic (exact) mass is 509 g/mol. The van der Waals surface area contributed by atoms with Crippen LogP contribution in [-0.4, -0.2) is 31.6 Å². The Morgan fingerprint density at radius 1 is 0.711 bits per heavy atom. The van der Waals surface area contributed by atoms with Crippen LogP contribution in [0.4, 0.5) is 11.4 Å². The Kier molecular flexibility index (Phi) is 9.34. The zero-order valence-electron chi connectivity index (χ0n) is 21.2. The van der Waals surface area contributed by atoms with Crippen LogP contribution in [0.5, 0.6) is 11.5 Å². The summed E-state index contributed by atoms with van der Waals surface area (Å²) in [5, 5.41) is 8.91. The molecule has 1 unspecified atom stereocenters. The van der Waals surface area contributed by atoms with Crippen LogP contribution in [0, 0.1) is 0 Å². The average molecular weight is 510 g/mol. The highest BCUT2D eigenvalue weighted by molar-refractivity contribution is 5.98. The maximum absolute atomic E-state index is 12.7. The lowest BCUT2D eigenvalue weighted by atomic mass is 10.1. The van der Waals surface area contributed by atoms with E-state index in [-0.39, 0.29) is 24.4 Å². The van der Waals surface area contributed by atoms with Crippen molar-refractivity contribution in [3.8, 4) is 11.5 Å². The molecular formula is C31H31N3O4. The van der Waals surface area contributed by atoms with Gasteiger partial charge in [-0.1, -0.05) is 54.6 Å². The van der Waals surface area contributed by atoms with Crippen molar-refractivity contribution in [2.45, 2.75) is 13.0 Å². The maximum atomic E-state index is 12.7. The minimum absolute atomic E-state index is 0.0760. The van der Waals surface area contributed by atoms with Crippen LogP contribution in [-0.2, 0) is 4.79 Å². The van der Waals surface area contributed by atoms with E-state index in [1.54, 1.807) is 24.3 Å². The van der Waals surface area contributed by atoms with Gasteiger partial charge in [-0.15, -0.1) is 0 Å². The molecular weight excluding hydrogens is 478 g/mol. The Labute approximate surface area is 222 Å². The molecule has 0 aromatic heterocycles. The first-order valence-corrected chi connectivity index (χ1v) is 12.5. The third kappa shape index (κ3) is 8.13. The number of rotatable bonds is 12. The van der Waals surface area contributed by atoms with Crippen molar-refractivity contribution in [2.75, 3.05) is 30.4 Å². The minimum atomic E-state index is -0.224. The average Bonchev–Trinajstić information content (AvgIpc) is 2.96. The lowest BCUT2D eigenvalue weighted by molar-refractivity contribution is -0.114. The molecule has 0 aliphatic carbocycles. The summed E-state index contributed by atoms with van der Waals surface area (Å²) in [6.45, 7) is 2.88. The zero-order valence-corrected chi connectivity index (χ0v) is 21.2.